The number of rotatable bonds is 5. The van der Waals surface area contributed by atoms with E-state index in [1.54, 1.807) is 12.1 Å². The predicted octanol–water partition coefficient (Wildman–Crippen LogP) is 5.34. The molecular weight excluding hydrogens is 403 g/mol. The van der Waals surface area contributed by atoms with E-state index in [1.165, 1.54) is 6.20 Å². The number of aliphatic hydroxyl groups is 1. The Labute approximate surface area is 158 Å². The lowest BCUT2D eigenvalue weighted by molar-refractivity contribution is 0.204. The number of hydrogen-bond donors (Lipinski definition) is 2. The van der Waals surface area contributed by atoms with Crippen LogP contribution in [0.4, 0.5) is 4.39 Å². The third-order valence-electron chi connectivity index (χ3n) is 4.82. The van der Waals surface area contributed by atoms with Gasteiger partial charge in [-0.25, -0.2) is 9.37 Å². The minimum Gasteiger partial charge on any atom is -0.542 e. The van der Waals surface area contributed by atoms with Gasteiger partial charge in [-0.05, 0) is 58.2 Å². The van der Waals surface area contributed by atoms with Gasteiger partial charge >= 0.3 is 0 Å². The highest BCUT2D eigenvalue weighted by Gasteiger charge is 2.40. The van der Waals surface area contributed by atoms with Crippen molar-refractivity contribution < 1.29 is 13.9 Å². The normalized spacial score (nSPS) is 13.8. The summed E-state index contributed by atoms with van der Waals surface area (Å²) in [5.41, 5.74) is 1.09. The number of aliphatic hydroxyl groups excluding tert-OH is 1. The lowest BCUT2D eigenvalue weighted by Gasteiger charge is -2.36. The first-order valence-electron chi connectivity index (χ1n) is 8.36. The van der Waals surface area contributed by atoms with Gasteiger partial charge in [0.25, 0.3) is 8.32 Å². The van der Waals surface area contributed by atoms with Crippen molar-refractivity contribution in [1.29, 1.82) is 0 Å². The molecule has 1 atom stereocenters. The fourth-order valence-corrected chi connectivity index (χ4v) is 3.49. The van der Waals surface area contributed by atoms with Crippen molar-refractivity contribution in [2.24, 2.45) is 0 Å². The summed E-state index contributed by atoms with van der Waals surface area (Å²) in [6.07, 6.45) is 1.07. The molecular formula is C18H26BrFN2O2Si. The number of aromatic nitrogens is 2. The van der Waals surface area contributed by atoms with Crippen LogP contribution in [-0.4, -0.2) is 23.4 Å². The Morgan fingerprint density at radius 2 is 2.00 bits per heavy atom. The maximum atomic E-state index is 15.1. The van der Waals surface area contributed by atoms with E-state index in [1.807, 2.05) is 6.92 Å². The zero-order valence-electron chi connectivity index (χ0n) is 15.6. The molecule has 0 aliphatic rings. The lowest BCUT2D eigenvalue weighted by Crippen LogP contribution is -2.44. The first-order valence-corrected chi connectivity index (χ1v) is 12.1. The van der Waals surface area contributed by atoms with Gasteiger partial charge in [-0.2, -0.15) is 0 Å². The fourth-order valence-electron chi connectivity index (χ4n) is 2.18. The van der Waals surface area contributed by atoms with E-state index in [0.717, 1.165) is 12.0 Å². The third-order valence-corrected chi connectivity index (χ3v) is 9.57. The van der Waals surface area contributed by atoms with Gasteiger partial charge in [0, 0.05) is 5.56 Å². The Kier molecular flexibility index (Phi) is 5.80. The second kappa shape index (κ2) is 7.21. The monoisotopic (exact) mass is 428 g/mol. The molecule has 138 valence electrons. The van der Waals surface area contributed by atoms with Crippen LogP contribution in [0.2, 0.25) is 18.1 Å². The van der Waals surface area contributed by atoms with E-state index >= 15 is 4.39 Å². The van der Waals surface area contributed by atoms with Crippen LogP contribution >= 0.6 is 15.9 Å². The smallest absolute Gasteiger partial charge is 0.250 e. The number of aryl methyl sites for hydroxylation is 1. The summed E-state index contributed by atoms with van der Waals surface area (Å²) in [6.45, 7) is 12.5. The third kappa shape index (κ3) is 4.32. The van der Waals surface area contributed by atoms with Crippen molar-refractivity contribution >= 4 is 24.2 Å². The standard InChI is InChI=1S/C18H26BrFN2O2Si/c1-7-11-8-12(16(23)17-21-10-14(19)22-17)15(20)13(9-11)24-25(5,6)18(2,3)4/h8-10,16,23H,7H2,1-6H3,(H,21,22). The van der Waals surface area contributed by atoms with Gasteiger partial charge in [-0.15, -0.1) is 0 Å². The second-order valence-corrected chi connectivity index (χ2v) is 13.3. The van der Waals surface area contributed by atoms with E-state index in [4.69, 9.17) is 4.43 Å². The van der Waals surface area contributed by atoms with Crippen LogP contribution in [0.1, 0.15) is 50.8 Å². The average Bonchev–Trinajstić information content (AvgIpc) is 2.93. The highest BCUT2D eigenvalue weighted by atomic mass is 79.9. The van der Waals surface area contributed by atoms with E-state index in [2.05, 4.69) is 59.8 Å². The van der Waals surface area contributed by atoms with Crippen LogP contribution in [-0.2, 0) is 6.42 Å². The fraction of sp³-hybridized carbons (Fsp3) is 0.500. The van der Waals surface area contributed by atoms with Crippen LogP contribution in [0.25, 0.3) is 0 Å². The van der Waals surface area contributed by atoms with Gasteiger partial charge in [-0.3, -0.25) is 0 Å². The van der Waals surface area contributed by atoms with Crippen molar-refractivity contribution in [2.45, 2.75) is 58.4 Å². The molecule has 4 nitrogen and oxygen atoms in total. The first kappa shape index (κ1) is 20.1. The van der Waals surface area contributed by atoms with E-state index in [0.29, 0.717) is 4.60 Å². The number of hydrogen-bond acceptors (Lipinski definition) is 3. The highest BCUT2D eigenvalue weighted by Crippen LogP contribution is 2.39. The van der Waals surface area contributed by atoms with Gasteiger partial charge < -0.3 is 14.5 Å². The molecule has 0 saturated heterocycles. The number of halogens is 2. The zero-order valence-corrected chi connectivity index (χ0v) is 18.2. The highest BCUT2D eigenvalue weighted by molar-refractivity contribution is 9.10. The molecule has 2 N–H and O–H groups in total. The molecule has 0 aliphatic heterocycles. The Morgan fingerprint density at radius 1 is 1.36 bits per heavy atom. The molecule has 0 aliphatic carbocycles. The summed E-state index contributed by atoms with van der Waals surface area (Å²) >= 11 is 3.25. The maximum absolute atomic E-state index is 15.1. The predicted molar refractivity (Wildman–Crippen MR) is 104 cm³/mol. The van der Waals surface area contributed by atoms with Crippen molar-refractivity contribution in [3.63, 3.8) is 0 Å². The Bertz CT molecular complexity index is 756. The summed E-state index contributed by atoms with van der Waals surface area (Å²) in [6, 6.07) is 3.42. The summed E-state index contributed by atoms with van der Waals surface area (Å²) < 4.78 is 21.9. The van der Waals surface area contributed by atoms with Crippen LogP contribution in [0.5, 0.6) is 5.75 Å². The number of benzene rings is 1. The molecule has 0 radical (unpaired) electrons. The molecule has 1 aromatic heterocycles. The van der Waals surface area contributed by atoms with Crippen LogP contribution in [0.3, 0.4) is 0 Å². The van der Waals surface area contributed by atoms with Crippen LogP contribution in [0.15, 0.2) is 22.9 Å². The minimum absolute atomic E-state index is 0.0493. The molecule has 7 heteroatoms. The van der Waals surface area contributed by atoms with Crippen molar-refractivity contribution in [3.05, 3.63) is 45.7 Å². The molecule has 0 fully saturated rings. The summed E-state index contributed by atoms with van der Waals surface area (Å²) in [5.74, 6) is -0.0232. The average molecular weight is 429 g/mol. The topological polar surface area (TPSA) is 58.1 Å². The number of imidazole rings is 1. The molecule has 0 saturated carbocycles. The maximum Gasteiger partial charge on any atom is 0.250 e. The Morgan fingerprint density at radius 3 is 2.48 bits per heavy atom. The number of H-pyrrole nitrogens is 1. The number of nitrogens with one attached hydrogen (secondary N) is 1. The van der Waals surface area contributed by atoms with Crippen LogP contribution in [0, 0.1) is 5.82 Å². The van der Waals surface area contributed by atoms with Crippen LogP contribution < -0.4 is 4.43 Å². The molecule has 1 unspecified atom stereocenters. The second-order valence-electron chi connectivity index (χ2n) is 7.73. The quantitative estimate of drug-likeness (QED) is 0.631. The molecule has 1 heterocycles. The number of aromatic amines is 1. The lowest BCUT2D eigenvalue weighted by atomic mass is 10.0. The molecule has 2 rings (SSSR count). The van der Waals surface area contributed by atoms with Gasteiger partial charge in [0.05, 0.1) is 6.20 Å². The van der Waals surface area contributed by atoms with E-state index in [-0.39, 0.29) is 22.2 Å². The van der Waals surface area contributed by atoms with Gasteiger partial charge in [0.1, 0.15) is 22.3 Å². The summed E-state index contributed by atoms with van der Waals surface area (Å²) in [7, 11) is -2.20. The molecule has 0 spiro atoms. The molecule has 25 heavy (non-hydrogen) atoms. The molecule has 0 amide bonds. The van der Waals surface area contributed by atoms with Crippen molar-refractivity contribution in [3.8, 4) is 5.75 Å². The Balaban J connectivity index is 2.49. The Hall–Kier alpha value is -1.18. The van der Waals surface area contributed by atoms with Crippen molar-refractivity contribution in [1.82, 2.24) is 9.97 Å². The van der Waals surface area contributed by atoms with Gasteiger partial charge in [-0.1, -0.05) is 27.7 Å². The molecule has 0 bridgehead atoms. The SMILES string of the molecule is CCc1cc(O[Si](C)(C)C(C)(C)C)c(F)c(C(O)c2ncc(Br)[nH]2)c1. The zero-order chi connectivity index (χ0) is 19.0. The molecule has 1 aromatic carbocycles. The van der Waals surface area contributed by atoms with Crippen molar-refractivity contribution in [2.75, 3.05) is 0 Å². The van der Waals surface area contributed by atoms with E-state index in [9.17, 15) is 5.11 Å². The molecule has 2 aromatic rings. The summed E-state index contributed by atoms with van der Waals surface area (Å²) in [4.78, 5) is 6.97. The largest absolute Gasteiger partial charge is 0.542 e. The summed E-state index contributed by atoms with van der Waals surface area (Å²) in [5, 5.41) is 10.5. The minimum atomic E-state index is -2.20. The number of nitrogens with zero attached hydrogens (tertiary/aromatic N) is 1. The van der Waals surface area contributed by atoms with E-state index < -0.39 is 20.2 Å². The van der Waals surface area contributed by atoms with Gasteiger partial charge in [0.2, 0.25) is 0 Å². The first-order chi connectivity index (χ1) is 11.5. The van der Waals surface area contributed by atoms with Gasteiger partial charge in [0.15, 0.2) is 5.82 Å².